The number of rotatable bonds is 6. The van der Waals surface area contributed by atoms with Crippen LogP contribution in [0.5, 0.6) is 0 Å². The number of aliphatic hydroxyl groups is 1. The van der Waals surface area contributed by atoms with E-state index in [1.807, 2.05) is 42.5 Å². The normalized spacial score (nSPS) is 11.7. The highest BCUT2D eigenvalue weighted by atomic mass is 16.3. The van der Waals surface area contributed by atoms with E-state index in [9.17, 15) is 9.90 Å². The lowest BCUT2D eigenvalue weighted by atomic mass is 10.0. The highest BCUT2D eigenvalue weighted by molar-refractivity contribution is 5.90. The summed E-state index contributed by atoms with van der Waals surface area (Å²) >= 11 is 0. The topological polar surface area (TPSA) is 61.4 Å². The first kappa shape index (κ1) is 16.0. The SMILES string of the molecule is CC(O)CCNC(=O)Nc1ccccc1Cc1ccccc1. The van der Waals surface area contributed by atoms with Gasteiger partial charge in [-0.3, -0.25) is 0 Å². The molecule has 2 rings (SSSR count). The van der Waals surface area contributed by atoms with Gasteiger partial charge in [-0.25, -0.2) is 4.79 Å². The fourth-order valence-corrected chi connectivity index (χ4v) is 2.17. The third-order valence-electron chi connectivity index (χ3n) is 3.35. The Morgan fingerprint density at radius 2 is 1.77 bits per heavy atom. The van der Waals surface area contributed by atoms with E-state index in [-0.39, 0.29) is 6.03 Å². The van der Waals surface area contributed by atoms with Crippen LogP contribution < -0.4 is 10.6 Å². The summed E-state index contributed by atoms with van der Waals surface area (Å²) in [5.74, 6) is 0. The molecule has 0 saturated carbocycles. The molecule has 0 fully saturated rings. The number of nitrogens with one attached hydrogen (secondary N) is 2. The van der Waals surface area contributed by atoms with Crippen molar-refractivity contribution in [3.05, 3.63) is 65.7 Å². The molecule has 0 aliphatic carbocycles. The number of para-hydroxylation sites is 1. The van der Waals surface area contributed by atoms with E-state index < -0.39 is 6.10 Å². The first-order chi connectivity index (χ1) is 10.6. The molecule has 1 atom stereocenters. The third kappa shape index (κ3) is 5.22. The van der Waals surface area contributed by atoms with E-state index in [0.29, 0.717) is 13.0 Å². The molecule has 4 heteroatoms. The van der Waals surface area contributed by atoms with Crippen LogP contribution in [0.25, 0.3) is 0 Å². The average molecular weight is 298 g/mol. The summed E-state index contributed by atoms with van der Waals surface area (Å²) in [6.07, 6.45) is 0.898. The summed E-state index contributed by atoms with van der Waals surface area (Å²) in [6.45, 7) is 2.15. The van der Waals surface area contributed by atoms with Crippen LogP contribution in [0.3, 0.4) is 0 Å². The monoisotopic (exact) mass is 298 g/mol. The van der Waals surface area contributed by atoms with Crippen molar-refractivity contribution in [2.75, 3.05) is 11.9 Å². The molecule has 0 radical (unpaired) electrons. The largest absolute Gasteiger partial charge is 0.393 e. The zero-order chi connectivity index (χ0) is 15.8. The quantitative estimate of drug-likeness (QED) is 0.767. The van der Waals surface area contributed by atoms with Gasteiger partial charge >= 0.3 is 6.03 Å². The zero-order valence-electron chi connectivity index (χ0n) is 12.8. The van der Waals surface area contributed by atoms with Crippen molar-refractivity contribution in [2.24, 2.45) is 0 Å². The number of amides is 2. The molecule has 3 N–H and O–H groups in total. The zero-order valence-corrected chi connectivity index (χ0v) is 12.8. The molecule has 22 heavy (non-hydrogen) atoms. The van der Waals surface area contributed by atoms with Crippen LogP contribution in [0.2, 0.25) is 0 Å². The lowest BCUT2D eigenvalue weighted by Gasteiger charge is -2.12. The molecule has 0 spiro atoms. The Kier molecular flexibility index (Phi) is 5.98. The molecule has 2 aromatic rings. The van der Waals surface area contributed by atoms with Crippen molar-refractivity contribution in [3.63, 3.8) is 0 Å². The number of aliphatic hydroxyl groups excluding tert-OH is 1. The maximum absolute atomic E-state index is 11.9. The van der Waals surface area contributed by atoms with Crippen LogP contribution in [0, 0.1) is 0 Å². The Morgan fingerprint density at radius 3 is 2.50 bits per heavy atom. The summed E-state index contributed by atoms with van der Waals surface area (Å²) in [5.41, 5.74) is 3.08. The second kappa shape index (κ2) is 8.20. The summed E-state index contributed by atoms with van der Waals surface area (Å²) in [6, 6.07) is 17.7. The molecule has 2 amide bonds. The van der Waals surface area contributed by atoms with Crippen LogP contribution in [0.15, 0.2) is 54.6 Å². The van der Waals surface area contributed by atoms with Gasteiger partial charge in [-0.2, -0.15) is 0 Å². The van der Waals surface area contributed by atoms with Crippen LogP contribution in [0.4, 0.5) is 10.5 Å². The molecule has 4 nitrogen and oxygen atoms in total. The van der Waals surface area contributed by atoms with Crippen molar-refractivity contribution < 1.29 is 9.90 Å². The van der Waals surface area contributed by atoms with Crippen molar-refractivity contribution in [1.82, 2.24) is 5.32 Å². The molecule has 0 heterocycles. The molecule has 0 aliphatic heterocycles. The summed E-state index contributed by atoms with van der Waals surface area (Å²) < 4.78 is 0. The van der Waals surface area contributed by atoms with Crippen molar-refractivity contribution >= 4 is 11.7 Å². The maximum atomic E-state index is 11.9. The van der Waals surface area contributed by atoms with Crippen LogP contribution in [0.1, 0.15) is 24.5 Å². The van der Waals surface area contributed by atoms with Gasteiger partial charge in [-0.1, -0.05) is 48.5 Å². The Hall–Kier alpha value is -2.33. The lowest BCUT2D eigenvalue weighted by Crippen LogP contribution is -2.31. The molecular formula is C18H22N2O2. The number of carbonyl (C=O) groups excluding carboxylic acids is 1. The smallest absolute Gasteiger partial charge is 0.319 e. The number of hydrogen-bond donors (Lipinski definition) is 3. The van der Waals surface area contributed by atoms with Crippen LogP contribution in [-0.4, -0.2) is 23.8 Å². The van der Waals surface area contributed by atoms with E-state index in [1.54, 1.807) is 6.92 Å². The number of benzene rings is 2. The van der Waals surface area contributed by atoms with Gasteiger partial charge in [0.15, 0.2) is 0 Å². The van der Waals surface area contributed by atoms with E-state index in [1.165, 1.54) is 5.56 Å². The minimum absolute atomic E-state index is 0.249. The molecule has 0 aliphatic rings. The van der Waals surface area contributed by atoms with Gasteiger partial charge < -0.3 is 15.7 Å². The fraction of sp³-hybridized carbons (Fsp3) is 0.278. The molecule has 1 unspecified atom stereocenters. The van der Waals surface area contributed by atoms with Gasteiger partial charge in [-0.15, -0.1) is 0 Å². The van der Waals surface area contributed by atoms with Gasteiger partial charge in [0.25, 0.3) is 0 Å². The van der Waals surface area contributed by atoms with Crippen molar-refractivity contribution in [3.8, 4) is 0 Å². The van der Waals surface area contributed by atoms with Gasteiger partial charge in [0.2, 0.25) is 0 Å². The van der Waals surface area contributed by atoms with Crippen molar-refractivity contribution in [2.45, 2.75) is 25.9 Å². The summed E-state index contributed by atoms with van der Waals surface area (Å²) in [4.78, 5) is 11.9. The lowest BCUT2D eigenvalue weighted by molar-refractivity contribution is 0.184. The molecule has 0 saturated heterocycles. The molecular weight excluding hydrogens is 276 g/mol. The summed E-state index contributed by atoms with van der Waals surface area (Å²) in [7, 11) is 0. The molecule has 0 bridgehead atoms. The Morgan fingerprint density at radius 1 is 1.09 bits per heavy atom. The van der Waals surface area contributed by atoms with Crippen LogP contribution in [-0.2, 0) is 6.42 Å². The second-order valence-corrected chi connectivity index (χ2v) is 5.34. The minimum Gasteiger partial charge on any atom is -0.393 e. The minimum atomic E-state index is -0.411. The van der Waals surface area contributed by atoms with E-state index in [0.717, 1.165) is 17.7 Å². The number of hydrogen-bond acceptors (Lipinski definition) is 2. The van der Waals surface area contributed by atoms with Gasteiger partial charge in [0.1, 0.15) is 0 Å². The number of carbonyl (C=O) groups is 1. The predicted molar refractivity (Wildman–Crippen MR) is 89.0 cm³/mol. The Balaban J connectivity index is 1.98. The maximum Gasteiger partial charge on any atom is 0.319 e. The standard InChI is InChI=1S/C18H22N2O2/c1-14(21)11-12-19-18(22)20-17-10-6-5-9-16(17)13-15-7-3-2-4-8-15/h2-10,14,21H,11-13H2,1H3,(H2,19,20,22). The predicted octanol–water partition coefficient (Wildman–Crippen LogP) is 3.17. The molecule has 116 valence electrons. The van der Waals surface area contributed by atoms with Gasteiger partial charge in [-0.05, 0) is 37.0 Å². The van der Waals surface area contributed by atoms with Crippen molar-refractivity contribution in [1.29, 1.82) is 0 Å². The fourth-order valence-electron chi connectivity index (χ4n) is 2.17. The van der Waals surface area contributed by atoms with E-state index >= 15 is 0 Å². The third-order valence-corrected chi connectivity index (χ3v) is 3.35. The van der Waals surface area contributed by atoms with Gasteiger partial charge in [0.05, 0.1) is 6.10 Å². The molecule has 0 aromatic heterocycles. The number of anilines is 1. The Labute approximate surface area is 131 Å². The van der Waals surface area contributed by atoms with Gasteiger partial charge in [0, 0.05) is 12.2 Å². The van der Waals surface area contributed by atoms with E-state index in [2.05, 4.69) is 22.8 Å². The number of urea groups is 1. The first-order valence-corrected chi connectivity index (χ1v) is 7.50. The second-order valence-electron chi connectivity index (χ2n) is 5.34. The first-order valence-electron chi connectivity index (χ1n) is 7.50. The Bertz CT molecular complexity index is 597. The summed E-state index contributed by atoms with van der Waals surface area (Å²) in [5, 5.41) is 14.8. The molecule has 2 aromatic carbocycles. The average Bonchev–Trinajstić information content (AvgIpc) is 2.50. The highest BCUT2D eigenvalue weighted by Gasteiger charge is 2.07. The van der Waals surface area contributed by atoms with Crippen LogP contribution >= 0.6 is 0 Å². The highest BCUT2D eigenvalue weighted by Crippen LogP contribution is 2.18. The van der Waals surface area contributed by atoms with E-state index in [4.69, 9.17) is 0 Å².